The lowest BCUT2D eigenvalue weighted by Gasteiger charge is -2.33. The van der Waals surface area contributed by atoms with Gasteiger partial charge in [0.15, 0.2) is 5.82 Å². The Morgan fingerprint density at radius 2 is 2.21 bits per heavy atom. The summed E-state index contributed by atoms with van der Waals surface area (Å²) in [6.07, 6.45) is 8.74. The van der Waals surface area contributed by atoms with Gasteiger partial charge < -0.3 is 4.90 Å². The minimum Gasteiger partial charge on any atom is -0.352 e. The number of aromatic nitrogens is 2. The molecule has 1 aliphatic rings. The van der Waals surface area contributed by atoms with E-state index in [-0.39, 0.29) is 0 Å². The second kappa shape index (κ2) is 4.49. The zero-order chi connectivity index (χ0) is 9.80. The Bertz CT molecular complexity index is 250. The topological polar surface area (TPSA) is 31.9 Å². The van der Waals surface area contributed by atoms with Gasteiger partial charge in [-0.25, -0.2) is 0 Å². The van der Waals surface area contributed by atoms with E-state index in [1.165, 1.54) is 32.1 Å². The number of aromatic amines is 1. The SMILES string of the molecule is CCN(c1cc[nH]n1)C1CCCCC1. The molecule has 0 aromatic carbocycles. The molecule has 0 spiro atoms. The van der Waals surface area contributed by atoms with Crippen molar-refractivity contribution in [3.63, 3.8) is 0 Å². The van der Waals surface area contributed by atoms with Crippen LogP contribution in [0.5, 0.6) is 0 Å². The third-order valence-electron chi connectivity index (χ3n) is 3.14. The first kappa shape index (κ1) is 9.56. The summed E-state index contributed by atoms with van der Waals surface area (Å²) < 4.78 is 0. The number of nitrogens with one attached hydrogen (secondary N) is 1. The van der Waals surface area contributed by atoms with Gasteiger partial charge in [0.25, 0.3) is 0 Å². The number of H-pyrrole nitrogens is 1. The van der Waals surface area contributed by atoms with Crippen LogP contribution in [0.25, 0.3) is 0 Å². The normalized spacial score (nSPS) is 18.4. The Balaban J connectivity index is 2.04. The Morgan fingerprint density at radius 3 is 2.79 bits per heavy atom. The summed E-state index contributed by atoms with van der Waals surface area (Å²) in [5, 5.41) is 7.16. The van der Waals surface area contributed by atoms with Crippen LogP contribution in [0.1, 0.15) is 39.0 Å². The molecule has 0 atom stereocenters. The van der Waals surface area contributed by atoms with E-state index >= 15 is 0 Å². The van der Waals surface area contributed by atoms with Crippen molar-refractivity contribution in [1.82, 2.24) is 10.2 Å². The highest BCUT2D eigenvalue weighted by Crippen LogP contribution is 2.25. The fourth-order valence-electron chi connectivity index (χ4n) is 2.41. The van der Waals surface area contributed by atoms with Gasteiger partial charge in [-0.05, 0) is 19.8 Å². The molecule has 1 aromatic rings. The molecule has 78 valence electrons. The largest absolute Gasteiger partial charge is 0.352 e. The first-order chi connectivity index (χ1) is 6.92. The van der Waals surface area contributed by atoms with Crippen molar-refractivity contribution in [3.8, 4) is 0 Å². The van der Waals surface area contributed by atoms with E-state index in [1.54, 1.807) is 0 Å². The third kappa shape index (κ3) is 1.91. The second-order valence-corrected chi connectivity index (χ2v) is 4.01. The number of anilines is 1. The van der Waals surface area contributed by atoms with E-state index in [1.807, 2.05) is 6.20 Å². The fourth-order valence-corrected chi connectivity index (χ4v) is 2.41. The Labute approximate surface area is 85.5 Å². The zero-order valence-electron chi connectivity index (χ0n) is 8.87. The number of rotatable bonds is 3. The molecule has 0 radical (unpaired) electrons. The summed E-state index contributed by atoms with van der Waals surface area (Å²) in [6, 6.07) is 2.79. The Hall–Kier alpha value is -0.990. The van der Waals surface area contributed by atoms with Crippen LogP contribution in [-0.2, 0) is 0 Å². The smallest absolute Gasteiger partial charge is 0.150 e. The molecule has 1 N–H and O–H groups in total. The van der Waals surface area contributed by atoms with E-state index in [0.717, 1.165) is 18.4 Å². The van der Waals surface area contributed by atoms with Gasteiger partial charge in [-0.3, -0.25) is 5.10 Å². The van der Waals surface area contributed by atoms with Crippen LogP contribution in [0.4, 0.5) is 5.82 Å². The van der Waals surface area contributed by atoms with Crippen molar-refractivity contribution < 1.29 is 0 Å². The molecule has 1 fully saturated rings. The summed E-state index contributed by atoms with van der Waals surface area (Å²) in [5.41, 5.74) is 0. The Morgan fingerprint density at radius 1 is 1.43 bits per heavy atom. The number of hydrogen-bond donors (Lipinski definition) is 1. The van der Waals surface area contributed by atoms with Crippen molar-refractivity contribution in [1.29, 1.82) is 0 Å². The first-order valence-electron chi connectivity index (χ1n) is 5.68. The minimum absolute atomic E-state index is 0.719. The standard InChI is InChI=1S/C11H19N3/c1-2-14(11-8-9-12-13-11)10-6-4-3-5-7-10/h8-10H,2-7H2,1H3,(H,12,13). The maximum Gasteiger partial charge on any atom is 0.150 e. The Kier molecular flexibility index (Phi) is 3.07. The van der Waals surface area contributed by atoms with Crippen LogP contribution in [0.3, 0.4) is 0 Å². The lowest BCUT2D eigenvalue weighted by atomic mass is 9.94. The predicted octanol–water partition coefficient (Wildman–Crippen LogP) is 2.57. The molecule has 0 bridgehead atoms. The summed E-state index contributed by atoms with van der Waals surface area (Å²) >= 11 is 0. The van der Waals surface area contributed by atoms with Crippen LogP contribution in [0.15, 0.2) is 12.3 Å². The van der Waals surface area contributed by atoms with E-state index in [4.69, 9.17) is 0 Å². The highest BCUT2D eigenvalue weighted by atomic mass is 15.3. The molecule has 1 heterocycles. The molecular weight excluding hydrogens is 174 g/mol. The van der Waals surface area contributed by atoms with Crippen molar-refractivity contribution in [3.05, 3.63) is 12.3 Å². The minimum atomic E-state index is 0.719. The van der Waals surface area contributed by atoms with Gasteiger partial charge in [-0.15, -0.1) is 0 Å². The molecule has 3 heteroatoms. The predicted molar refractivity (Wildman–Crippen MR) is 58.5 cm³/mol. The number of nitrogens with zero attached hydrogens (tertiary/aromatic N) is 2. The molecular formula is C11H19N3. The van der Waals surface area contributed by atoms with Crippen LogP contribution in [-0.4, -0.2) is 22.8 Å². The van der Waals surface area contributed by atoms with Crippen molar-refractivity contribution in [2.75, 3.05) is 11.4 Å². The van der Waals surface area contributed by atoms with Crippen LogP contribution >= 0.6 is 0 Å². The van der Waals surface area contributed by atoms with E-state index < -0.39 is 0 Å². The fraction of sp³-hybridized carbons (Fsp3) is 0.727. The summed E-state index contributed by atoms with van der Waals surface area (Å²) in [5.74, 6) is 1.11. The quantitative estimate of drug-likeness (QED) is 0.800. The van der Waals surface area contributed by atoms with Crippen LogP contribution in [0, 0.1) is 0 Å². The average molecular weight is 193 g/mol. The maximum atomic E-state index is 4.26. The highest BCUT2D eigenvalue weighted by molar-refractivity contribution is 5.37. The zero-order valence-corrected chi connectivity index (χ0v) is 8.87. The average Bonchev–Trinajstić information content (AvgIpc) is 2.74. The van der Waals surface area contributed by atoms with E-state index in [2.05, 4.69) is 28.1 Å². The van der Waals surface area contributed by atoms with Gasteiger partial charge in [0, 0.05) is 24.8 Å². The van der Waals surface area contributed by atoms with Crippen molar-refractivity contribution in [2.24, 2.45) is 0 Å². The first-order valence-corrected chi connectivity index (χ1v) is 5.68. The van der Waals surface area contributed by atoms with Gasteiger partial charge >= 0.3 is 0 Å². The summed E-state index contributed by atoms with van der Waals surface area (Å²) in [4.78, 5) is 2.43. The number of hydrogen-bond acceptors (Lipinski definition) is 2. The molecule has 0 saturated heterocycles. The van der Waals surface area contributed by atoms with Crippen molar-refractivity contribution >= 4 is 5.82 Å². The van der Waals surface area contributed by atoms with Gasteiger partial charge in [-0.2, -0.15) is 5.10 Å². The molecule has 0 aliphatic heterocycles. The maximum absolute atomic E-state index is 4.26. The molecule has 1 aliphatic carbocycles. The van der Waals surface area contributed by atoms with Gasteiger partial charge in [-0.1, -0.05) is 19.3 Å². The lowest BCUT2D eigenvalue weighted by Crippen LogP contribution is -2.36. The molecule has 3 nitrogen and oxygen atoms in total. The lowest BCUT2D eigenvalue weighted by molar-refractivity contribution is 0.416. The monoisotopic (exact) mass is 193 g/mol. The van der Waals surface area contributed by atoms with Gasteiger partial charge in [0.05, 0.1) is 0 Å². The van der Waals surface area contributed by atoms with Crippen LogP contribution < -0.4 is 4.90 Å². The molecule has 1 aromatic heterocycles. The third-order valence-corrected chi connectivity index (χ3v) is 3.14. The van der Waals surface area contributed by atoms with E-state index in [9.17, 15) is 0 Å². The molecule has 2 rings (SSSR count). The second-order valence-electron chi connectivity index (χ2n) is 4.01. The molecule has 0 unspecified atom stereocenters. The van der Waals surface area contributed by atoms with Crippen LogP contribution in [0.2, 0.25) is 0 Å². The van der Waals surface area contributed by atoms with E-state index in [0.29, 0.717) is 0 Å². The van der Waals surface area contributed by atoms with Gasteiger partial charge in [0.2, 0.25) is 0 Å². The van der Waals surface area contributed by atoms with Gasteiger partial charge in [0.1, 0.15) is 0 Å². The summed E-state index contributed by atoms with van der Waals surface area (Å²) in [6.45, 7) is 3.28. The van der Waals surface area contributed by atoms with Crippen molar-refractivity contribution in [2.45, 2.75) is 45.1 Å². The summed E-state index contributed by atoms with van der Waals surface area (Å²) in [7, 11) is 0. The highest BCUT2D eigenvalue weighted by Gasteiger charge is 2.20. The molecule has 1 saturated carbocycles. The molecule has 14 heavy (non-hydrogen) atoms. The molecule has 0 amide bonds.